The van der Waals surface area contributed by atoms with Crippen molar-refractivity contribution < 1.29 is 48.3 Å². The highest BCUT2D eigenvalue weighted by atomic mass is 16.6. The largest absolute Gasteiger partial charge is 0.493 e. The third-order valence-electron chi connectivity index (χ3n) is 9.07. The number of aliphatic hydroxyl groups is 1. The summed E-state index contributed by atoms with van der Waals surface area (Å²) in [5.41, 5.74) is 5.38. The Labute approximate surface area is 250 Å². The summed E-state index contributed by atoms with van der Waals surface area (Å²) < 4.78 is 23.1. The van der Waals surface area contributed by atoms with Crippen LogP contribution in [0.4, 0.5) is 0 Å². The zero-order valence-corrected chi connectivity index (χ0v) is 23.9. The highest BCUT2D eigenvalue weighted by Gasteiger charge is 2.72. The van der Waals surface area contributed by atoms with Gasteiger partial charge in [0, 0.05) is 31.0 Å². The van der Waals surface area contributed by atoms with E-state index >= 15 is 0 Å². The van der Waals surface area contributed by atoms with Gasteiger partial charge >= 0.3 is 17.9 Å². The number of piperidine rings is 1. The van der Waals surface area contributed by atoms with Crippen LogP contribution in [-0.4, -0.2) is 96.1 Å². The number of ether oxygens (including phenoxy) is 4. The molecule has 2 aliphatic carbocycles. The first kappa shape index (κ1) is 32.2. The van der Waals surface area contributed by atoms with Crippen LogP contribution in [0.1, 0.15) is 57.6 Å². The highest BCUT2D eigenvalue weighted by molar-refractivity contribution is 5.81. The van der Waals surface area contributed by atoms with Crippen LogP contribution in [0.5, 0.6) is 11.5 Å². The van der Waals surface area contributed by atoms with Crippen LogP contribution in [0.2, 0.25) is 0 Å². The molecule has 2 aliphatic heterocycles. The number of rotatable bonds is 11. The Morgan fingerprint density at radius 1 is 1.26 bits per heavy atom. The van der Waals surface area contributed by atoms with Crippen LogP contribution in [0.15, 0.2) is 24.0 Å². The Hall–Kier alpha value is -3.68. The third-order valence-corrected chi connectivity index (χ3v) is 9.07. The quantitative estimate of drug-likeness (QED) is 0.261. The number of amides is 1. The first-order chi connectivity index (χ1) is 19.9. The van der Waals surface area contributed by atoms with Gasteiger partial charge in [-0.05, 0) is 57.5 Å². The van der Waals surface area contributed by atoms with Gasteiger partial charge in [-0.25, -0.2) is 4.79 Å². The number of nitrogens with zero attached hydrogens (tertiary/aromatic N) is 1. The van der Waals surface area contributed by atoms with Gasteiger partial charge in [-0.3, -0.25) is 14.4 Å². The van der Waals surface area contributed by atoms with Crippen molar-refractivity contribution in [1.82, 2.24) is 10.2 Å². The van der Waals surface area contributed by atoms with Crippen molar-refractivity contribution in [3.05, 3.63) is 35.1 Å². The van der Waals surface area contributed by atoms with E-state index in [0.29, 0.717) is 24.3 Å². The number of carboxylic acid groups (broad SMARTS) is 1. The second-order valence-electron chi connectivity index (χ2n) is 11.4. The Balaban J connectivity index is 0.00000423. The van der Waals surface area contributed by atoms with Gasteiger partial charge in [-0.2, -0.15) is 0 Å². The van der Waals surface area contributed by atoms with Crippen molar-refractivity contribution in [3.63, 3.8) is 0 Å². The molecule has 1 amide bonds. The Kier molecular flexibility index (Phi) is 9.10. The van der Waals surface area contributed by atoms with Crippen LogP contribution >= 0.6 is 0 Å². The van der Waals surface area contributed by atoms with Gasteiger partial charge in [-0.15, -0.1) is 0 Å². The summed E-state index contributed by atoms with van der Waals surface area (Å²) in [5, 5.41) is 23.5. The number of nitrogens with two attached hydrogens (primary N) is 1. The van der Waals surface area contributed by atoms with Crippen LogP contribution < -0.4 is 20.5 Å². The summed E-state index contributed by atoms with van der Waals surface area (Å²) in [6.07, 6.45) is 0.832. The maximum atomic E-state index is 13.1. The fraction of sp³-hybridized carbons (Fsp3) is 0.600. The molecule has 0 saturated carbocycles. The van der Waals surface area contributed by atoms with Gasteiger partial charge in [0.1, 0.15) is 11.8 Å². The number of likely N-dealkylation sites (tertiary alicyclic amines) is 1. The SMILES string of the molecule is C.COc1ccc2c3c1O[C@H]1C(OC(=O)[C@H](C)OC(=O)CCNC(=O)CC[C@H](N)C(=O)O)=CC[C@@]4(O)[C@@H](C2)N(C)CC[C@]314. The maximum absolute atomic E-state index is 13.1. The lowest BCUT2D eigenvalue weighted by Gasteiger charge is -2.61. The second kappa shape index (κ2) is 12.1. The average Bonchev–Trinajstić information content (AvgIpc) is 3.30. The topological polar surface area (TPSA) is 187 Å². The number of hydrogen-bond donors (Lipinski definition) is 4. The molecule has 236 valence electrons. The number of carboxylic acids is 1. The van der Waals surface area contributed by atoms with Gasteiger partial charge in [0.15, 0.2) is 23.7 Å². The van der Waals surface area contributed by atoms with E-state index in [4.69, 9.17) is 29.8 Å². The van der Waals surface area contributed by atoms with Crippen molar-refractivity contribution in [2.45, 2.75) is 88.2 Å². The maximum Gasteiger partial charge on any atom is 0.352 e. The summed E-state index contributed by atoms with van der Waals surface area (Å²) >= 11 is 0. The van der Waals surface area contributed by atoms with Crippen LogP contribution in [0.3, 0.4) is 0 Å². The lowest BCUT2D eigenvalue weighted by atomic mass is 9.50. The summed E-state index contributed by atoms with van der Waals surface area (Å²) in [5.74, 6) is -1.82. The molecule has 5 rings (SSSR count). The number of carbonyl (C=O) groups is 4. The van der Waals surface area contributed by atoms with Gasteiger partial charge in [0.05, 0.1) is 24.5 Å². The Morgan fingerprint density at radius 3 is 2.70 bits per heavy atom. The monoisotopic (exact) mass is 603 g/mol. The predicted molar refractivity (Wildman–Crippen MR) is 152 cm³/mol. The minimum absolute atomic E-state index is 0. The van der Waals surface area contributed by atoms with E-state index in [-0.39, 0.29) is 51.5 Å². The number of carbonyl (C=O) groups excluding carboxylic acids is 3. The molecule has 1 spiro atoms. The van der Waals surface area contributed by atoms with Crippen molar-refractivity contribution in [1.29, 1.82) is 0 Å². The summed E-state index contributed by atoms with van der Waals surface area (Å²) in [6.45, 7) is 2.06. The van der Waals surface area contributed by atoms with Crippen molar-refractivity contribution in [2.75, 3.05) is 27.2 Å². The summed E-state index contributed by atoms with van der Waals surface area (Å²) in [6, 6.07) is 2.57. The van der Waals surface area contributed by atoms with Gasteiger partial charge in [-0.1, -0.05) is 13.5 Å². The smallest absolute Gasteiger partial charge is 0.352 e. The van der Waals surface area contributed by atoms with E-state index in [1.54, 1.807) is 13.2 Å². The van der Waals surface area contributed by atoms with Crippen molar-refractivity contribution in [3.8, 4) is 11.5 Å². The molecule has 4 aliphatic rings. The fourth-order valence-electron chi connectivity index (χ4n) is 6.89. The minimum atomic E-state index is -1.24. The molecule has 0 aromatic heterocycles. The molecule has 6 atom stereocenters. The van der Waals surface area contributed by atoms with E-state index < -0.39 is 53.1 Å². The average molecular weight is 604 g/mol. The number of methoxy groups -OCH3 is 1. The van der Waals surface area contributed by atoms with E-state index in [1.165, 1.54) is 6.92 Å². The number of esters is 2. The Morgan fingerprint density at radius 2 is 2.00 bits per heavy atom. The van der Waals surface area contributed by atoms with E-state index in [9.17, 15) is 24.3 Å². The van der Waals surface area contributed by atoms with Crippen LogP contribution in [-0.2, 0) is 40.5 Å². The molecule has 43 heavy (non-hydrogen) atoms. The molecule has 0 radical (unpaired) electrons. The summed E-state index contributed by atoms with van der Waals surface area (Å²) in [7, 11) is 3.56. The molecule has 2 heterocycles. The van der Waals surface area contributed by atoms with E-state index in [0.717, 1.165) is 17.7 Å². The Bertz CT molecular complexity index is 1330. The molecule has 2 bridgehead atoms. The molecule has 13 heteroatoms. The van der Waals surface area contributed by atoms with Crippen LogP contribution in [0, 0.1) is 0 Å². The molecule has 1 aromatic rings. The number of nitrogens with one attached hydrogen (secondary N) is 1. The van der Waals surface area contributed by atoms with Crippen LogP contribution in [0.25, 0.3) is 0 Å². The van der Waals surface area contributed by atoms with Gasteiger partial charge in [0.25, 0.3) is 0 Å². The predicted octanol–water partition coefficient (Wildman–Crippen LogP) is 0.782. The van der Waals surface area contributed by atoms with E-state index in [2.05, 4.69) is 10.2 Å². The standard InChI is InChI=1S/C29H37N3O10.CH4/c1-15(40-22(34)9-12-31-21(33)7-5-17(30)26(35)36)27(37)41-19-8-10-29(38)20-14-16-4-6-18(39-3)24-23(16)28(29,25(19)42-24)11-13-32(20)2;/h4,6,8,15,17,20,25,38H,5,7,9-14,30H2,1-3H3,(H,31,33)(H,35,36);1H4/t15-,17-,20+,25-,28-,29+;/m0./s1. The normalized spacial score (nSPS) is 27.7. The number of aliphatic carboxylic acids is 1. The lowest BCUT2D eigenvalue weighted by molar-refractivity contribution is -0.175. The molecule has 5 N–H and O–H groups in total. The first-order valence-corrected chi connectivity index (χ1v) is 14.1. The molecule has 1 aromatic carbocycles. The molecule has 13 nitrogen and oxygen atoms in total. The zero-order valence-electron chi connectivity index (χ0n) is 23.9. The molecular formula is C30H41N3O10. The van der Waals surface area contributed by atoms with Crippen molar-refractivity contribution >= 4 is 23.8 Å². The van der Waals surface area contributed by atoms with E-state index in [1.807, 2.05) is 19.2 Å². The zero-order chi connectivity index (χ0) is 30.4. The first-order valence-electron chi connectivity index (χ1n) is 14.1. The number of likely N-dealkylation sites (N-methyl/N-ethyl adjacent to an activating group) is 1. The van der Waals surface area contributed by atoms with Gasteiger partial charge < -0.3 is 45.1 Å². The summed E-state index contributed by atoms with van der Waals surface area (Å²) in [4.78, 5) is 50.2. The number of hydrogen-bond acceptors (Lipinski definition) is 11. The molecule has 1 fully saturated rings. The second-order valence-corrected chi connectivity index (χ2v) is 11.4. The third kappa shape index (κ3) is 5.34. The molecule has 1 saturated heterocycles. The van der Waals surface area contributed by atoms with Crippen molar-refractivity contribution in [2.24, 2.45) is 5.73 Å². The number of benzene rings is 1. The molecular weight excluding hydrogens is 562 g/mol. The van der Waals surface area contributed by atoms with Gasteiger partial charge in [0.2, 0.25) is 5.91 Å². The lowest BCUT2D eigenvalue weighted by Crippen LogP contribution is -2.74. The highest BCUT2D eigenvalue weighted by Crippen LogP contribution is 2.65. The fourth-order valence-corrected chi connectivity index (χ4v) is 6.89. The minimum Gasteiger partial charge on any atom is -0.493 e. The molecule has 0 unspecified atom stereocenters.